The number of piperazine rings is 1. The Labute approximate surface area is 173 Å². The van der Waals surface area contributed by atoms with E-state index in [0.29, 0.717) is 24.0 Å². The van der Waals surface area contributed by atoms with Crippen molar-refractivity contribution in [3.63, 3.8) is 0 Å². The van der Waals surface area contributed by atoms with E-state index in [1.54, 1.807) is 0 Å². The van der Waals surface area contributed by atoms with Gasteiger partial charge < -0.3 is 9.32 Å². The average Bonchev–Trinajstić information content (AvgIpc) is 3.40. The number of rotatable bonds is 7. The summed E-state index contributed by atoms with van der Waals surface area (Å²) >= 11 is 0. The van der Waals surface area contributed by atoms with Crippen LogP contribution in [0.1, 0.15) is 48.1 Å². The molecular weight excluding hydrogens is 364 g/mol. The van der Waals surface area contributed by atoms with Gasteiger partial charge in [0.25, 0.3) is 5.91 Å². The number of carbonyl (C=O) groups is 1. The molecule has 0 aliphatic carbocycles. The Hall–Kier alpha value is -2.18. The minimum absolute atomic E-state index is 0.0197. The second kappa shape index (κ2) is 9.55. The van der Waals surface area contributed by atoms with Gasteiger partial charge in [0.1, 0.15) is 6.26 Å². The predicted octanol–water partition coefficient (Wildman–Crippen LogP) is 3.25. The third kappa shape index (κ3) is 5.25. The SMILES string of the molecule is CCCC1CCN(C(=O)c2coc(CN3CCN(Cc4ccccc4)CC3)n2)C1. The maximum Gasteiger partial charge on any atom is 0.275 e. The van der Waals surface area contributed by atoms with Gasteiger partial charge in [-0.25, -0.2) is 4.98 Å². The lowest BCUT2D eigenvalue weighted by Crippen LogP contribution is -2.45. The first-order valence-electron chi connectivity index (χ1n) is 10.9. The third-order valence-corrected chi connectivity index (χ3v) is 6.11. The van der Waals surface area contributed by atoms with Crippen molar-refractivity contribution in [1.82, 2.24) is 19.7 Å². The van der Waals surface area contributed by atoms with Crippen molar-refractivity contribution >= 4 is 5.91 Å². The van der Waals surface area contributed by atoms with Crippen LogP contribution in [-0.4, -0.2) is 64.9 Å². The Bertz CT molecular complexity index is 783. The van der Waals surface area contributed by atoms with Crippen LogP contribution in [0.5, 0.6) is 0 Å². The zero-order chi connectivity index (χ0) is 20.1. The highest BCUT2D eigenvalue weighted by Gasteiger charge is 2.28. The lowest BCUT2D eigenvalue weighted by Gasteiger charge is -2.34. The number of benzene rings is 1. The van der Waals surface area contributed by atoms with Crippen molar-refractivity contribution < 1.29 is 9.21 Å². The Kier molecular flexibility index (Phi) is 6.62. The second-order valence-electron chi connectivity index (χ2n) is 8.36. The van der Waals surface area contributed by atoms with E-state index < -0.39 is 0 Å². The molecule has 1 aromatic carbocycles. The van der Waals surface area contributed by atoms with Gasteiger partial charge >= 0.3 is 0 Å². The summed E-state index contributed by atoms with van der Waals surface area (Å²) in [5.74, 6) is 1.31. The molecule has 3 heterocycles. The van der Waals surface area contributed by atoms with Crippen molar-refractivity contribution in [2.75, 3.05) is 39.3 Å². The molecule has 2 saturated heterocycles. The van der Waals surface area contributed by atoms with Gasteiger partial charge in [0, 0.05) is 45.8 Å². The predicted molar refractivity (Wildman–Crippen MR) is 112 cm³/mol. The van der Waals surface area contributed by atoms with Gasteiger partial charge in [-0.05, 0) is 24.3 Å². The smallest absolute Gasteiger partial charge is 0.275 e. The van der Waals surface area contributed by atoms with Crippen LogP contribution in [0.25, 0.3) is 0 Å². The molecule has 0 spiro atoms. The van der Waals surface area contributed by atoms with Crippen LogP contribution < -0.4 is 0 Å². The van der Waals surface area contributed by atoms with E-state index in [-0.39, 0.29) is 5.91 Å². The minimum Gasteiger partial charge on any atom is -0.447 e. The van der Waals surface area contributed by atoms with Crippen LogP contribution in [0.2, 0.25) is 0 Å². The molecular formula is C23H32N4O2. The monoisotopic (exact) mass is 396 g/mol. The minimum atomic E-state index is 0.0197. The van der Waals surface area contributed by atoms with Crippen LogP contribution in [0.4, 0.5) is 0 Å². The molecule has 1 unspecified atom stereocenters. The second-order valence-corrected chi connectivity index (χ2v) is 8.36. The molecule has 0 N–H and O–H groups in total. The van der Waals surface area contributed by atoms with Gasteiger partial charge in [-0.15, -0.1) is 0 Å². The molecule has 2 aliphatic heterocycles. The number of oxazole rings is 1. The molecule has 1 aromatic heterocycles. The van der Waals surface area contributed by atoms with E-state index >= 15 is 0 Å². The summed E-state index contributed by atoms with van der Waals surface area (Å²) in [6.45, 7) is 9.63. The quantitative estimate of drug-likeness (QED) is 0.719. The molecule has 2 aliphatic rings. The molecule has 2 aromatic rings. The van der Waals surface area contributed by atoms with Gasteiger partial charge in [0.2, 0.25) is 5.89 Å². The summed E-state index contributed by atoms with van der Waals surface area (Å²) in [6.07, 6.45) is 5.03. The summed E-state index contributed by atoms with van der Waals surface area (Å²) in [6, 6.07) is 10.6. The first kappa shape index (κ1) is 20.1. The van der Waals surface area contributed by atoms with Crippen molar-refractivity contribution in [3.8, 4) is 0 Å². The molecule has 1 amide bonds. The molecule has 0 radical (unpaired) electrons. The molecule has 2 fully saturated rings. The normalized spacial score (nSPS) is 21.0. The fourth-order valence-corrected chi connectivity index (χ4v) is 4.44. The Morgan fingerprint density at radius 1 is 1.07 bits per heavy atom. The number of nitrogens with zero attached hydrogens (tertiary/aromatic N) is 4. The van der Waals surface area contributed by atoms with Crippen molar-refractivity contribution in [3.05, 3.63) is 53.7 Å². The molecule has 6 heteroatoms. The summed E-state index contributed by atoms with van der Waals surface area (Å²) in [5, 5.41) is 0. The third-order valence-electron chi connectivity index (χ3n) is 6.11. The Morgan fingerprint density at radius 2 is 1.79 bits per heavy atom. The van der Waals surface area contributed by atoms with E-state index in [2.05, 4.69) is 52.0 Å². The lowest BCUT2D eigenvalue weighted by molar-refractivity contribution is 0.0780. The van der Waals surface area contributed by atoms with E-state index in [9.17, 15) is 4.79 Å². The van der Waals surface area contributed by atoms with Gasteiger partial charge in [0.15, 0.2) is 5.69 Å². The summed E-state index contributed by atoms with van der Waals surface area (Å²) in [7, 11) is 0. The highest BCUT2D eigenvalue weighted by atomic mass is 16.3. The lowest BCUT2D eigenvalue weighted by atomic mass is 10.0. The van der Waals surface area contributed by atoms with E-state index in [1.165, 1.54) is 24.7 Å². The Balaban J connectivity index is 1.24. The van der Waals surface area contributed by atoms with Crippen LogP contribution in [0.3, 0.4) is 0 Å². The van der Waals surface area contributed by atoms with Crippen molar-refractivity contribution in [1.29, 1.82) is 0 Å². The van der Waals surface area contributed by atoms with Crippen molar-refractivity contribution in [2.24, 2.45) is 5.92 Å². The van der Waals surface area contributed by atoms with E-state index in [4.69, 9.17) is 4.42 Å². The zero-order valence-corrected chi connectivity index (χ0v) is 17.4. The highest BCUT2D eigenvalue weighted by molar-refractivity contribution is 5.92. The van der Waals surface area contributed by atoms with Crippen LogP contribution in [0, 0.1) is 5.92 Å². The number of hydrogen-bond donors (Lipinski definition) is 0. The van der Waals surface area contributed by atoms with Gasteiger partial charge in [-0.1, -0.05) is 43.7 Å². The first-order chi connectivity index (χ1) is 14.2. The largest absolute Gasteiger partial charge is 0.447 e. The summed E-state index contributed by atoms with van der Waals surface area (Å²) in [4.78, 5) is 24.0. The molecule has 0 saturated carbocycles. The fourth-order valence-electron chi connectivity index (χ4n) is 4.44. The van der Waals surface area contributed by atoms with Crippen LogP contribution in [-0.2, 0) is 13.1 Å². The summed E-state index contributed by atoms with van der Waals surface area (Å²) in [5.41, 5.74) is 1.82. The molecule has 6 nitrogen and oxygen atoms in total. The van der Waals surface area contributed by atoms with Gasteiger partial charge in [-0.3, -0.25) is 14.6 Å². The highest BCUT2D eigenvalue weighted by Crippen LogP contribution is 2.22. The summed E-state index contributed by atoms with van der Waals surface area (Å²) < 4.78 is 5.63. The average molecular weight is 397 g/mol. The van der Waals surface area contributed by atoms with E-state index in [0.717, 1.165) is 52.2 Å². The number of amides is 1. The van der Waals surface area contributed by atoms with Crippen LogP contribution in [0.15, 0.2) is 41.0 Å². The first-order valence-corrected chi connectivity index (χ1v) is 10.9. The molecule has 29 heavy (non-hydrogen) atoms. The maximum atomic E-state index is 12.7. The van der Waals surface area contributed by atoms with Gasteiger partial charge in [0.05, 0.1) is 6.54 Å². The molecule has 4 rings (SSSR count). The number of hydrogen-bond acceptors (Lipinski definition) is 5. The fraction of sp³-hybridized carbons (Fsp3) is 0.565. The van der Waals surface area contributed by atoms with Crippen molar-refractivity contribution in [2.45, 2.75) is 39.3 Å². The number of likely N-dealkylation sites (tertiary alicyclic amines) is 1. The topological polar surface area (TPSA) is 52.8 Å². The molecule has 0 bridgehead atoms. The zero-order valence-electron chi connectivity index (χ0n) is 17.4. The standard InChI is InChI=1S/C23H32N4O2/c1-2-6-19-9-10-27(16-19)23(28)21-18-29-22(24-21)17-26-13-11-25(12-14-26)15-20-7-4-3-5-8-20/h3-5,7-8,18-19H,2,6,9-17H2,1H3. The molecule has 156 valence electrons. The Morgan fingerprint density at radius 3 is 2.52 bits per heavy atom. The maximum absolute atomic E-state index is 12.7. The number of aromatic nitrogens is 1. The van der Waals surface area contributed by atoms with E-state index in [1.807, 2.05) is 4.90 Å². The molecule has 1 atom stereocenters. The van der Waals surface area contributed by atoms with Crippen LogP contribution >= 0.6 is 0 Å². The number of carbonyl (C=O) groups excluding carboxylic acids is 1. The van der Waals surface area contributed by atoms with Gasteiger partial charge in [-0.2, -0.15) is 0 Å².